The zero-order valence-electron chi connectivity index (χ0n) is 9.96. The second-order valence-corrected chi connectivity index (χ2v) is 4.11. The summed E-state index contributed by atoms with van der Waals surface area (Å²) in [7, 11) is 0. The van der Waals surface area contributed by atoms with E-state index in [4.69, 9.17) is 22.7 Å². The number of aromatic nitrogens is 2. The van der Waals surface area contributed by atoms with Gasteiger partial charge in [-0.2, -0.15) is 0 Å². The molecule has 4 nitrogen and oxygen atoms in total. The Balaban J connectivity index is 2.21. The molecule has 1 heterocycles. The lowest BCUT2D eigenvalue weighted by atomic mass is 10.1. The highest BCUT2D eigenvalue weighted by molar-refractivity contribution is 7.80. The van der Waals surface area contributed by atoms with Crippen LogP contribution in [0.4, 0.5) is 0 Å². The first-order valence-corrected chi connectivity index (χ1v) is 5.99. The number of rotatable bonds is 4. The van der Waals surface area contributed by atoms with Crippen LogP contribution in [0.3, 0.4) is 0 Å². The lowest BCUT2D eigenvalue weighted by molar-refractivity contribution is 0.455. The van der Waals surface area contributed by atoms with Gasteiger partial charge in [-0.15, -0.1) is 0 Å². The monoisotopic (exact) mass is 259 g/mol. The number of nitrogens with zero attached hydrogens (tertiary/aromatic N) is 2. The molecule has 0 aliphatic rings. The summed E-state index contributed by atoms with van der Waals surface area (Å²) in [5, 5.41) is 0. The molecule has 0 radical (unpaired) electrons. The largest absolute Gasteiger partial charge is 0.437 e. The van der Waals surface area contributed by atoms with E-state index in [0.29, 0.717) is 11.6 Å². The Morgan fingerprint density at radius 3 is 2.67 bits per heavy atom. The molecule has 0 saturated heterocycles. The fourth-order valence-corrected chi connectivity index (χ4v) is 1.61. The number of hydrogen-bond acceptors (Lipinski definition) is 4. The van der Waals surface area contributed by atoms with Crippen molar-refractivity contribution in [1.82, 2.24) is 9.97 Å². The van der Waals surface area contributed by atoms with Gasteiger partial charge >= 0.3 is 0 Å². The summed E-state index contributed by atoms with van der Waals surface area (Å²) < 4.78 is 5.68. The lowest BCUT2D eigenvalue weighted by Crippen LogP contribution is -2.11. The predicted molar refractivity (Wildman–Crippen MR) is 73.8 cm³/mol. The number of aryl methyl sites for hydroxylation is 1. The van der Waals surface area contributed by atoms with Crippen LogP contribution in [0.5, 0.6) is 11.6 Å². The van der Waals surface area contributed by atoms with Gasteiger partial charge in [0.1, 0.15) is 16.4 Å². The highest BCUT2D eigenvalue weighted by Crippen LogP contribution is 2.23. The molecule has 0 atom stereocenters. The van der Waals surface area contributed by atoms with Crippen molar-refractivity contribution in [1.29, 1.82) is 0 Å². The van der Waals surface area contributed by atoms with Crippen LogP contribution in [0.15, 0.2) is 36.7 Å². The van der Waals surface area contributed by atoms with E-state index in [1.165, 1.54) is 12.4 Å². The van der Waals surface area contributed by atoms with E-state index < -0.39 is 0 Å². The zero-order chi connectivity index (χ0) is 13.0. The van der Waals surface area contributed by atoms with Gasteiger partial charge < -0.3 is 10.5 Å². The fraction of sp³-hybridized carbons (Fsp3) is 0.154. The summed E-state index contributed by atoms with van der Waals surface area (Å²) in [6, 6.07) is 7.83. The van der Waals surface area contributed by atoms with Gasteiger partial charge in [0.2, 0.25) is 5.88 Å². The minimum Gasteiger partial charge on any atom is -0.437 e. The normalized spacial score (nSPS) is 10.1. The molecule has 2 aromatic rings. The first-order chi connectivity index (χ1) is 8.70. The molecule has 0 saturated carbocycles. The molecule has 2 N–H and O–H groups in total. The highest BCUT2D eigenvalue weighted by Gasteiger charge is 2.05. The maximum Gasteiger partial charge on any atom is 0.237 e. The first kappa shape index (κ1) is 12.4. The Bertz CT molecular complexity index is 554. The molecule has 1 aromatic carbocycles. The van der Waals surface area contributed by atoms with Crippen LogP contribution < -0.4 is 10.5 Å². The van der Waals surface area contributed by atoms with Crippen molar-refractivity contribution in [2.75, 3.05) is 0 Å². The van der Waals surface area contributed by atoms with Crippen molar-refractivity contribution >= 4 is 17.2 Å². The SMILES string of the molecule is CCc1ccccc1Oc1cnc(C(N)=S)cn1. The molecule has 0 aliphatic heterocycles. The molecule has 0 unspecified atom stereocenters. The Morgan fingerprint density at radius 1 is 1.28 bits per heavy atom. The topological polar surface area (TPSA) is 61.0 Å². The van der Waals surface area contributed by atoms with Crippen molar-refractivity contribution in [3.05, 3.63) is 47.9 Å². The quantitative estimate of drug-likeness (QED) is 0.855. The molecule has 18 heavy (non-hydrogen) atoms. The van der Waals surface area contributed by atoms with Gasteiger partial charge in [0.05, 0.1) is 12.4 Å². The minimum absolute atomic E-state index is 0.225. The van der Waals surface area contributed by atoms with E-state index in [1.807, 2.05) is 24.3 Å². The van der Waals surface area contributed by atoms with Gasteiger partial charge in [-0.05, 0) is 18.1 Å². The molecule has 0 fully saturated rings. The van der Waals surface area contributed by atoms with E-state index in [1.54, 1.807) is 0 Å². The second kappa shape index (κ2) is 5.55. The number of para-hydroxylation sites is 1. The smallest absolute Gasteiger partial charge is 0.237 e. The predicted octanol–water partition coefficient (Wildman–Crippen LogP) is 2.47. The number of nitrogens with two attached hydrogens (primary N) is 1. The number of thiocarbonyl (C=S) groups is 1. The van der Waals surface area contributed by atoms with E-state index >= 15 is 0 Å². The van der Waals surface area contributed by atoms with E-state index in [2.05, 4.69) is 16.9 Å². The number of hydrogen-bond donors (Lipinski definition) is 1. The molecular weight excluding hydrogens is 246 g/mol. The Kier molecular flexibility index (Phi) is 3.84. The Labute approximate surface area is 111 Å². The van der Waals surface area contributed by atoms with Gasteiger partial charge in [0, 0.05) is 0 Å². The Hall–Kier alpha value is -2.01. The second-order valence-electron chi connectivity index (χ2n) is 3.67. The third-order valence-corrected chi connectivity index (χ3v) is 2.66. The molecule has 0 aliphatic carbocycles. The van der Waals surface area contributed by atoms with Crippen molar-refractivity contribution in [3.63, 3.8) is 0 Å². The van der Waals surface area contributed by atoms with Crippen LogP contribution in [0, 0.1) is 0 Å². The summed E-state index contributed by atoms with van der Waals surface area (Å²) >= 11 is 4.81. The van der Waals surface area contributed by atoms with Crippen molar-refractivity contribution in [2.24, 2.45) is 5.73 Å². The third kappa shape index (κ3) is 2.81. The first-order valence-electron chi connectivity index (χ1n) is 5.58. The average Bonchev–Trinajstić information content (AvgIpc) is 2.40. The van der Waals surface area contributed by atoms with E-state index in [-0.39, 0.29) is 4.99 Å². The van der Waals surface area contributed by atoms with Crippen molar-refractivity contribution in [3.8, 4) is 11.6 Å². The number of benzene rings is 1. The van der Waals surface area contributed by atoms with Crippen LogP contribution in [-0.4, -0.2) is 15.0 Å². The van der Waals surface area contributed by atoms with E-state index in [0.717, 1.165) is 17.7 Å². The van der Waals surface area contributed by atoms with Gasteiger partial charge in [0.25, 0.3) is 0 Å². The van der Waals surface area contributed by atoms with Crippen LogP contribution in [0.1, 0.15) is 18.2 Å². The van der Waals surface area contributed by atoms with Crippen LogP contribution in [0.25, 0.3) is 0 Å². The molecule has 0 spiro atoms. The minimum atomic E-state index is 0.225. The van der Waals surface area contributed by atoms with E-state index in [9.17, 15) is 0 Å². The molecular formula is C13H13N3OS. The van der Waals surface area contributed by atoms with Gasteiger partial charge in [-0.3, -0.25) is 0 Å². The van der Waals surface area contributed by atoms with Crippen LogP contribution in [0.2, 0.25) is 0 Å². The van der Waals surface area contributed by atoms with Crippen LogP contribution >= 0.6 is 12.2 Å². The zero-order valence-corrected chi connectivity index (χ0v) is 10.8. The standard InChI is InChI=1S/C13H13N3OS/c1-2-9-5-3-4-6-11(9)17-12-8-15-10(7-16-12)13(14)18/h3-8H,2H2,1H3,(H2,14,18). The van der Waals surface area contributed by atoms with Crippen molar-refractivity contribution < 1.29 is 4.74 Å². The summed E-state index contributed by atoms with van der Waals surface area (Å²) in [4.78, 5) is 8.42. The Morgan fingerprint density at radius 2 is 2.06 bits per heavy atom. The number of ether oxygens (including phenoxy) is 1. The average molecular weight is 259 g/mol. The highest BCUT2D eigenvalue weighted by atomic mass is 32.1. The molecule has 92 valence electrons. The fourth-order valence-electron chi connectivity index (χ4n) is 1.50. The summed E-state index contributed by atoms with van der Waals surface area (Å²) in [6.07, 6.45) is 3.92. The summed E-state index contributed by atoms with van der Waals surface area (Å²) in [5.74, 6) is 1.22. The third-order valence-electron chi connectivity index (χ3n) is 2.45. The van der Waals surface area contributed by atoms with Gasteiger partial charge in [0.15, 0.2) is 0 Å². The molecule has 0 bridgehead atoms. The summed E-state index contributed by atoms with van der Waals surface area (Å²) in [6.45, 7) is 2.07. The molecule has 2 rings (SSSR count). The maximum atomic E-state index is 5.68. The van der Waals surface area contributed by atoms with Crippen molar-refractivity contribution in [2.45, 2.75) is 13.3 Å². The molecule has 5 heteroatoms. The van der Waals surface area contributed by atoms with Gasteiger partial charge in [-0.1, -0.05) is 37.3 Å². The summed E-state index contributed by atoms with van der Waals surface area (Å²) in [5.41, 5.74) is 7.06. The maximum absolute atomic E-state index is 5.68. The lowest BCUT2D eigenvalue weighted by Gasteiger charge is -2.08. The molecule has 1 aromatic heterocycles. The molecule has 0 amide bonds. The van der Waals surface area contributed by atoms with Gasteiger partial charge in [-0.25, -0.2) is 9.97 Å². The van der Waals surface area contributed by atoms with Crippen LogP contribution in [-0.2, 0) is 6.42 Å².